The van der Waals surface area contributed by atoms with Gasteiger partial charge in [0.25, 0.3) is 0 Å². The summed E-state index contributed by atoms with van der Waals surface area (Å²) in [6.07, 6.45) is 0. The van der Waals surface area contributed by atoms with Crippen LogP contribution in [0.3, 0.4) is 0 Å². The van der Waals surface area contributed by atoms with E-state index in [1.807, 2.05) is 0 Å². The number of benzene rings is 10. The third kappa shape index (κ3) is 5.00. The van der Waals surface area contributed by atoms with E-state index in [9.17, 15) is 0 Å². The number of para-hydroxylation sites is 2. The molecular weight excluding hydrogens is 713 g/mol. The van der Waals surface area contributed by atoms with Crippen LogP contribution in [0.4, 0.5) is 17.1 Å². The maximum atomic E-state index is 2.57. The molecule has 0 saturated carbocycles. The summed E-state index contributed by atoms with van der Waals surface area (Å²) >= 11 is 0. The van der Waals surface area contributed by atoms with Crippen molar-refractivity contribution in [2.24, 2.45) is 0 Å². The molecule has 0 fully saturated rings. The Labute approximate surface area is 343 Å². The molecule has 0 N–H and O–H groups in total. The maximum Gasteiger partial charge on any atom is 0.0561 e. The van der Waals surface area contributed by atoms with Crippen LogP contribution in [0.25, 0.3) is 82.1 Å². The van der Waals surface area contributed by atoms with Crippen LogP contribution in [-0.2, 0) is 5.41 Å². The fourth-order valence-electron chi connectivity index (χ4n) is 10.3. The van der Waals surface area contributed by atoms with Gasteiger partial charge < -0.3 is 9.47 Å². The fraction of sp³-hybridized carbons (Fsp3) is 0.0526. The average Bonchev–Trinajstić information content (AvgIpc) is 3.73. The first-order valence-electron chi connectivity index (χ1n) is 20.6. The summed E-state index contributed by atoms with van der Waals surface area (Å²) in [5, 5.41) is 9.94. The highest BCUT2D eigenvalue weighted by atomic mass is 15.2. The lowest BCUT2D eigenvalue weighted by Gasteiger charge is -2.34. The number of fused-ring (bicyclic) bond motifs is 9. The minimum Gasteiger partial charge on any atom is -0.309 e. The zero-order valence-electron chi connectivity index (χ0n) is 33.0. The SMILES string of the molecule is CC1(C)c2cc3ccccc3cc2-c2cccc(N(c3ccc4c5ccccc5n(-c5ccccc5)c4c3)c3ccc4ccccc4c3-c3cccc4ccccc34)c21. The Morgan fingerprint density at radius 1 is 0.390 bits per heavy atom. The van der Waals surface area contributed by atoms with Gasteiger partial charge in [0.05, 0.1) is 22.4 Å². The molecular formula is C57H40N2. The fourth-order valence-corrected chi connectivity index (χ4v) is 10.3. The Bertz CT molecular complexity index is 3470. The second kappa shape index (κ2) is 12.8. The van der Waals surface area contributed by atoms with Crippen molar-refractivity contribution in [2.75, 3.05) is 4.90 Å². The summed E-state index contributed by atoms with van der Waals surface area (Å²) in [6, 6.07) is 76.4. The van der Waals surface area contributed by atoms with Crippen LogP contribution >= 0.6 is 0 Å². The minimum atomic E-state index is -0.275. The molecule has 0 aliphatic heterocycles. The Balaban J connectivity index is 1.21. The summed E-state index contributed by atoms with van der Waals surface area (Å²) < 4.78 is 2.43. The topological polar surface area (TPSA) is 8.17 Å². The van der Waals surface area contributed by atoms with Gasteiger partial charge in [-0.3, -0.25) is 0 Å². The summed E-state index contributed by atoms with van der Waals surface area (Å²) in [4.78, 5) is 2.57. The lowest BCUT2D eigenvalue weighted by molar-refractivity contribution is 0.661. The zero-order valence-corrected chi connectivity index (χ0v) is 33.0. The van der Waals surface area contributed by atoms with Crippen LogP contribution in [0.15, 0.2) is 206 Å². The second-order valence-electron chi connectivity index (χ2n) is 16.5. The summed E-state index contributed by atoms with van der Waals surface area (Å²) in [6.45, 7) is 4.83. The molecule has 0 bridgehead atoms. The molecule has 2 nitrogen and oxygen atoms in total. The molecule has 1 aliphatic carbocycles. The minimum absolute atomic E-state index is 0.275. The highest BCUT2D eigenvalue weighted by molar-refractivity contribution is 6.14. The van der Waals surface area contributed by atoms with Gasteiger partial charge in [0.15, 0.2) is 0 Å². The normalized spacial score (nSPS) is 13.1. The van der Waals surface area contributed by atoms with Crippen LogP contribution in [0.1, 0.15) is 25.0 Å². The number of hydrogen-bond acceptors (Lipinski definition) is 1. The van der Waals surface area contributed by atoms with Gasteiger partial charge in [-0.1, -0.05) is 166 Å². The van der Waals surface area contributed by atoms with Crippen molar-refractivity contribution in [3.63, 3.8) is 0 Å². The van der Waals surface area contributed by atoms with Gasteiger partial charge in [-0.05, 0) is 115 Å². The first-order chi connectivity index (χ1) is 29.0. The van der Waals surface area contributed by atoms with E-state index in [1.165, 1.54) is 93.2 Å². The van der Waals surface area contributed by atoms with E-state index in [1.54, 1.807) is 0 Å². The lowest BCUT2D eigenvalue weighted by atomic mass is 9.80. The van der Waals surface area contributed by atoms with Crippen LogP contribution in [-0.4, -0.2) is 4.57 Å². The Hall–Kier alpha value is -7.42. The highest BCUT2D eigenvalue weighted by Gasteiger charge is 2.39. The molecule has 278 valence electrons. The first-order valence-corrected chi connectivity index (χ1v) is 20.6. The van der Waals surface area contributed by atoms with Gasteiger partial charge in [0.1, 0.15) is 0 Å². The third-order valence-electron chi connectivity index (χ3n) is 12.9. The molecule has 0 unspecified atom stereocenters. The molecule has 0 spiro atoms. The third-order valence-corrected chi connectivity index (χ3v) is 12.9. The van der Waals surface area contributed by atoms with E-state index in [2.05, 4.69) is 230 Å². The highest BCUT2D eigenvalue weighted by Crippen LogP contribution is 2.56. The molecule has 1 heterocycles. The van der Waals surface area contributed by atoms with Crippen LogP contribution in [0.5, 0.6) is 0 Å². The molecule has 0 amide bonds. The average molecular weight is 753 g/mol. The Morgan fingerprint density at radius 3 is 1.81 bits per heavy atom. The molecule has 0 atom stereocenters. The number of hydrogen-bond donors (Lipinski definition) is 0. The van der Waals surface area contributed by atoms with Crippen LogP contribution < -0.4 is 4.90 Å². The smallest absolute Gasteiger partial charge is 0.0561 e. The van der Waals surface area contributed by atoms with E-state index < -0.39 is 0 Å². The number of rotatable bonds is 5. The van der Waals surface area contributed by atoms with E-state index in [0.717, 1.165) is 17.1 Å². The number of nitrogens with zero attached hydrogens (tertiary/aromatic N) is 2. The van der Waals surface area contributed by atoms with Gasteiger partial charge in [-0.25, -0.2) is 0 Å². The molecule has 10 aromatic carbocycles. The molecule has 59 heavy (non-hydrogen) atoms. The van der Waals surface area contributed by atoms with Crippen molar-refractivity contribution < 1.29 is 0 Å². The van der Waals surface area contributed by atoms with Crippen molar-refractivity contribution in [3.8, 4) is 27.9 Å². The van der Waals surface area contributed by atoms with Gasteiger partial charge in [0.2, 0.25) is 0 Å². The molecule has 0 radical (unpaired) electrons. The lowest BCUT2D eigenvalue weighted by Crippen LogP contribution is -2.21. The molecule has 1 aliphatic rings. The van der Waals surface area contributed by atoms with Crippen molar-refractivity contribution in [1.29, 1.82) is 0 Å². The largest absolute Gasteiger partial charge is 0.309 e. The predicted octanol–water partition coefficient (Wildman–Crippen LogP) is 15.7. The van der Waals surface area contributed by atoms with Gasteiger partial charge in [-0.15, -0.1) is 0 Å². The molecule has 0 saturated heterocycles. The molecule has 1 aromatic heterocycles. The van der Waals surface area contributed by atoms with E-state index in [4.69, 9.17) is 0 Å². The van der Waals surface area contributed by atoms with Gasteiger partial charge in [-0.2, -0.15) is 0 Å². The molecule has 11 aromatic rings. The number of anilines is 3. The summed E-state index contributed by atoms with van der Waals surface area (Å²) in [5.74, 6) is 0. The monoisotopic (exact) mass is 752 g/mol. The van der Waals surface area contributed by atoms with E-state index in [0.29, 0.717) is 0 Å². The zero-order chi connectivity index (χ0) is 39.2. The molecule has 12 rings (SSSR count). The summed E-state index contributed by atoms with van der Waals surface area (Å²) in [5.41, 5.74) is 14.5. The summed E-state index contributed by atoms with van der Waals surface area (Å²) in [7, 11) is 0. The maximum absolute atomic E-state index is 2.57. The van der Waals surface area contributed by atoms with E-state index in [-0.39, 0.29) is 5.41 Å². The van der Waals surface area contributed by atoms with Crippen LogP contribution in [0.2, 0.25) is 0 Å². The van der Waals surface area contributed by atoms with Gasteiger partial charge in [0, 0.05) is 33.1 Å². The quantitative estimate of drug-likeness (QED) is 0.170. The van der Waals surface area contributed by atoms with Crippen molar-refractivity contribution in [3.05, 3.63) is 217 Å². The first kappa shape index (κ1) is 33.7. The number of aromatic nitrogens is 1. The Morgan fingerprint density at radius 2 is 1.00 bits per heavy atom. The second-order valence-corrected chi connectivity index (χ2v) is 16.5. The standard InChI is InChI=1S/C57H40N2/c1-57(2)50-35-40-19-7-6-18-39(40)34-49(50)48-27-15-29-53(56(48)57)59(42-31-32-46-45-25-12-13-28-51(45)58(54(46)36-42)41-21-4-3-5-22-41)52-33-30-38-17-9-11-24-44(38)55(52)47-26-14-20-37-16-8-10-23-43(37)47/h3-36H,1-2H3. The Kier molecular flexibility index (Phi) is 7.31. The van der Waals surface area contributed by atoms with Gasteiger partial charge >= 0.3 is 0 Å². The predicted molar refractivity (Wildman–Crippen MR) is 251 cm³/mol. The molecule has 2 heteroatoms. The van der Waals surface area contributed by atoms with Crippen molar-refractivity contribution >= 4 is 71.2 Å². The van der Waals surface area contributed by atoms with Crippen LogP contribution in [0, 0.1) is 0 Å². The van der Waals surface area contributed by atoms with Crippen molar-refractivity contribution in [2.45, 2.75) is 19.3 Å². The van der Waals surface area contributed by atoms with E-state index >= 15 is 0 Å². The van der Waals surface area contributed by atoms with Crippen molar-refractivity contribution in [1.82, 2.24) is 4.57 Å².